The molecule has 0 aromatic rings. The summed E-state index contributed by atoms with van der Waals surface area (Å²) in [7, 11) is 0. The lowest BCUT2D eigenvalue weighted by atomic mass is 10.1. The van der Waals surface area contributed by atoms with Crippen LogP contribution in [0.5, 0.6) is 0 Å². The highest BCUT2D eigenvalue weighted by molar-refractivity contribution is 8.00. The lowest BCUT2D eigenvalue weighted by Gasteiger charge is -2.16. The fourth-order valence-corrected chi connectivity index (χ4v) is 1.30. The van der Waals surface area contributed by atoms with E-state index in [2.05, 4.69) is 13.2 Å². The number of rotatable bonds is 1. The molecule has 1 atom stereocenters. The van der Waals surface area contributed by atoms with Gasteiger partial charge in [0.15, 0.2) is 0 Å². The molecule has 1 aliphatic rings. The van der Waals surface area contributed by atoms with Gasteiger partial charge in [-0.25, -0.2) is 0 Å². The molecular formula is C6H12OS. The van der Waals surface area contributed by atoms with Crippen LogP contribution in [0.3, 0.4) is 0 Å². The minimum absolute atomic E-state index is 0.431. The van der Waals surface area contributed by atoms with Crippen LogP contribution < -0.4 is 0 Å². The molecule has 0 aromatic carbocycles. The van der Waals surface area contributed by atoms with Crippen molar-refractivity contribution in [2.75, 3.05) is 19.5 Å². The van der Waals surface area contributed by atoms with Crippen molar-refractivity contribution in [1.82, 2.24) is 0 Å². The Morgan fingerprint density at radius 2 is 2.38 bits per heavy atom. The first-order chi connectivity index (χ1) is 3.77. The van der Waals surface area contributed by atoms with Crippen molar-refractivity contribution in [2.45, 2.75) is 18.1 Å². The van der Waals surface area contributed by atoms with Gasteiger partial charge in [0.2, 0.25) is 0 Å². The summed E-state index contributed by atoms with van der Waals surface area (Å²) in [6.45, 7) is 4.15. The average Bonchev–Trinajstić information content (AvgIpc) is 2.17. The third-order valence-electron chi connectivity index (χ3n) is 1.68. The van der Waals surface area contributed by atoms with Crippen LogP contribution in [0, 0.1) is 0 Å². The Hall–Kier alpha value is 0.310. The van der Waals surface area contributed by atoms with Crippen molar-refractivity contribution in [3.8, 4) is 0 Å². The van der Waals surface area contributed by atoms with E-state index in [4.69, 9.17) is 4.74 Å². The van der Waals surface area contributed by atoms with Gasteiger partial charge in [0.1, 0.15) is 0 Å². The molecule has 0 N–H and O–H groups in total. The Morgan fingerprint density at radius 3 is 2.62 bits per heavy atom. The van der Waals surface area contributed by atoms with E-state index in [1.807, 2.05) is 11.8 Å². The van der Waals surface area contributed by atoms with Crippen molar-refractivity contribution in [2.24, 2.45) is 0 Å². The summed E-state index contributed by atoms with van der Waals surface area (Å²) in [5.74, 6) is 0. The highest BCUT2D eigenvalue weighted by Gasteiger charge is 2.27. The van der Waals surface area contributed by atoms with E-state index in [9.17, 15) is 0 Å². The maximum Gasteiger partial charge on any atom is 0.0611 e. The molecule has 1 saturated heterocycles. The fraction of sp³-hybridized carbons (Fsp3) is 1.00. The van der Waals surface area contributed by atoms with Crippen LogP contribution in [0.4, 0.5) is 0 Å². The first kappa shape index (κ1) is 6.43. The summed E-state index contributed by atoms with van der Waals surface area (Å²) in [6.07, 6.45) is 3.36. The minimum Gasteiger partial charge on any atom is -0.380 e. The molecule has 1 aliphatic heterocycles. The molecule has 1 fully saturated rings. The normalized spacial score (nSPS) is 38.2. The lowest BCUT2D eigenvalue weighted by Crippen LogP contribution is -2.18. The Labute approximate surface area is 54.8 Å². The van der Waals surface area contributed by atoms with E-state index in [-0.39, 0.29) is 0 Å². The molecule has 1 unspecified atom stereocenters. The van der Waals surface area contributed by atoms with Crippen molar-refractivity contribution in [1.29, 1.82) is 0 Å². The zero-order valence-corrected chi connectivity index (χ0v) is 6.25. The lowest BCUT2D eigenvalue weighted by molar-refractivity contribution is 0.192. The van der Waals surface area contributed by atoms with Crippen LogP contribution in [0.25, 0.3) is 0 Å². The summed E-state index contributed by atoms with van der Waals surface area (Å²) in [5, 5.41) is 0. The molecule has 0 amide bonds. The van der Waals surface area contributed by atoms with E-state index < -0.39 is 0 Å². The van der Waals surface area contributed by atoms with Crippen LogP contribution in [-0.2, 0) is 4.74 Å². The summed E-state index contributed by atoms with van der Waals surface area (Å²) in [4.78, 5) is 0. The van der Waals surface area contributed by atoms with Crippen LogP contribution in [0.1, 0.15) is 13.3 Å². The van der Waals surface area contributed by atoms with Gasteiger partial charge in [-0.05, 0) is 19.6 Å². The van der Waals surface area contributed by atoms with Gasteiger partial charge in [0.05, 0.1) is 6.61 Å². The van der Waals surface area contributed by atoms with Crippen molar-refractivity contribution >= 4 is 11.8 Å². The molecule has 0 saturated carbocycles. The van der Waals surface area contributed by atoms with Gasteiger partial charge in [-0.1, -0.05) is 0 Å². The third-order valence-corrected chi connectivity index (χ3v) is 2.98. The summed E-state index contributed by atoms with van der Waals surface area (Å²) in [6, 6.07) is 0. The molecule has 0 aliphatic carbocycles. The monoisotopic (exact) mass is 132 g/mol. The van der Waals surface area contributed by atoms with Gasteiger partial charge in [0.25, 0.3) is 0 Å². The third kappa shape index (κ3) is 1.17. The van der Waals surface area contributed by atoms with Gasteiger partial charge in [-0.2, -0.15) is 11.8 Å². The van der Waals surface area contributed by atoms with Gasteiger partial charge in [-0.3, -0.25) is 0 Å². The highest BCUT2D eigenvalue weighted by Crippen LogP contribution is 2.30. The zero-order chi connectivity index (χ0) is 6.04. The second kappa shape index (κ2) is 2.28. The molecule has 1 nitrogen and oxygen atoms in total. The topological polar surface area (TPSA) is 9.23 Å². The molecule has 8 heavy (non-hydrogen) atoms. The molecule has 1 rings (SSSR count). The van der Waals surface area contributed by atoms with E-state index >= 15 is 0 Å². The van der Waals surface area contributed by atoms with E-state index in [1.165, 1.54) is 6.42 Å². The average molecular weight is 132 g/mol. The number of thioether (sulfide) groups is 1. The van der Waals surface area contributed by atoms with Gasteiger partial charge in [0, 0.05) is 11.4 Å². The van der Waals surface area contributed by atoms with Crippen LogP contribution in [0.2, 0.25) is 0 Å². The quantitative estimate of drug-likeness (QED) is 0.535. The molecule has 0 aromatic heterocycles. The molecule has 0 bridgehead atoms. The number of hydrogen-bond donors (Lipinski definition) is 0. The second-order valence-electron chi connectivity index (χ2n) is 2.46. The van der Waals surface area contributed by atoms with Gasteiger partial charge >= 0.3 is 0 Å². The first-order valence-electron chi connectivity index (χ1n) is 2.90. The maximum absolute atomic E-state index is 5.23. The minimum atomic E-state index is 0.431. The second-order valence-corrected chi connectivity index (χ2v) is 3.85. The molecule has 48 valence electrons. The van der Waals surface area contributed by atoms with Crippen molar-refractivity contribution < 1.29 is 4.74 Å². The van der Waals surface area contributed by atoms with Crippen molar-refractivity contribution in [3.05, 3.63) is 0 Å². The Bertz CT molecular complexity index is 76.6. The van der Waals surface area contributed by atoms with Gasteiger partial charge in [-0.15, -0.1) is 0 Å². The number of ether oxygens (including phenoxy) is 1. The smallest absolute Gasteiger partial charge is 0.0611 e. The van der Waals surface area contributed by atoms with Gasteiger partial charge < -0.3 is 4.74 Å². The van der Waals surface area contributed by atoms with Crippen LogP contribution >= 0.6 is 11.8 Å². The van der Waals surface area contributed by atoms with E-state index in [1.54, 1.807) is 0 Å². The standard InChI is InChI=1S/C6H12OS/c1-6(8-2)3-4-7-5-6/h3-5H2,1-2H3. The predicted molar refractivity (Wildman–Crippen MR) is 37.4 cm³/mol. The predicted octanol–water partition coefficient (Wildman–Crippen LogP) is 1.53. The molecule has 1 heterocycles. The zero-order valence-electron chi connectivity index (χ0n) is 5.44. The molecule has 0 spiro atoms. The molecule has 0 radical (unpaired) electrons. The maximum atomic E-state index is 5.23. The highest BCUT2D eigenvalue weighted by atomic mass is 32.2. The summed E-state index contributed by atoms with van der Waals surface area (Å²) in [5.41, 5.74) is 0. The first-order valence-corrected chi connectivity index (χ1v) is 4.12. The summed E-state index contributed by atoms with van der Waals surface area (Å²) < 4.78 is 5.66. The Kier molecular flexibility index (Phi) is 1.83. The largest absolute Gasteiger partial charge is 0.380 e. The van der Waals surface area contributed by atoms with Crippen LogP contribution in [-0.4, -0.2) is 24.2 Å². The molecular weight excluding hydrogens is 120 g/mol. The van der Waals surface area contributed by atoms with E-state index in [0.717, 1.165) is 13.2 Å². The molecule has 2 heteroatoms. The van der Waals surface area contributed by atoms with Crippen LogP contribution in [0.15, 0.2) is 0 Å². The Morgan fingerprint density at radius 1 is 1.62 bits per heavy atom. The fourth-order valence-electron chi connectivity index (χ4n) is 0.809. The number of hydrogen-bond acceptors (Lipinski definition) is 2. The van der Waals surface area contributed by atoms with Crippen molar-refractivity contribution in [3.63, 3.8) is 0 Å². The Balaban J connectivity index is 2.40. The summed E-state index contributed by atoms with van der Waals surface area (Å²) >= 11 is 1.91. The van der Waals surface area contributed by atoms with E-state index in [0.29, 0.717) is 4.75 Å². The SMILES string of the molecule is CSC1(C)CCOC1.